The molecule has 2 aromatic rings. The Kier molecular flexibility index (Phi) is 4.71. The third-order valence-electron chi connectivity index (χ3n) is 4.10. The molecular weight excluding hydrogens is 336 g/mol. The Labute approximate surface area is 151 Å². The Hall–Kier alpha value is -2.48. The highest BCUT2D eigenvalue weighted by atomic mass is 32.2. The first-order valence-corrected chi connectivity index (χ1v) is 9.05. The molecule has 0 bridgehead atoms. The molecule has 1 aliphatic rings. The van der Waals surface area contributed by atoms with Crippen molar-refractivity contribution in [1.29, 1.82) is 0 Å². The van der Waals surface area contributed by atoms with Gasteiger partial charge in [0.2, 0.25) is 17.0 Å². The van der Waals surface area contributed by atoms with Gasteiger partial charge in [0.15, 0.2) is 0 Å². The van der Waals surface area contributed by atoms with Gasteiger partial charge in [-0.3, -0.25) is 4.79 Å². The maximum absolute atomic E-state index is 12.1. The molecule has 25 heavy (non-hydrogen) atoms. The van der Waals surface area contributed by atoms with E-state index in [9.17, 15) is 4.79 Å². The molecule has 0 saturated carbocycles. The standard InChI is InChI=1S/C17H22N6OS/c1-5-25-17-20-16-19-10(2)13(15(18)24)14(23(16)21-17)11-6-8-12(9-7-11)22(3)4/h6-9,14H,5H2,1-4H3,(H2,18,24)(H,19,20,21). The fraction of sp³-hybridized carbons (Fsp3) is 0.353. The molecule has 1 aromatic carbocycles. The fourth-order valence-electron chi connectivity index (χ4n) is 2.90. The molecule has 1 unspecified atom stereocenters. The van der Waals surface area contributed by atoms with Crippen LogP contribution in [0.2, 0.25) is 0 Å². The monoisotopic (exact) mass is 358 g/mol. The number of fused-ring (bicyclic) bond motifs is 1. The van der Waals surface area contributed by atoms with Gasteiger partial charge in [-0.25, -0.2) is 4.68 Å². The van der Waals surface area contributed by atoms with Crippen molar-refractivity contribution < 1.29 is 4.79 Å². The second-order valence-corrected chi connectivity index (χ2v) is 7.24. The van der Waals surface area contributed by atoms with Gasteiger partial charge in [0, 0.05) is 25.5 Å². The summed E-state index contributed by atoms with van der Waals surface area (Å²) in [6.07, 6.45) is 0. The number of thioether (sulfide) groups is 1. The Balaban J connectivity index is 2.11. The zero-order valence-corrected chi connectivity index (χ0v) is 15.6. The van der Waals surface area contributed by atoms with E-state index in [2.05, 4.69) is 15.4 Å². The van der Waals surface area contributed by atoms with E-state index in [0.29, 0.717) is 22.4 Å². The quantitative estimate of drug-likeness (QED) is 0.797. The van der Waals surface area contributed by atoms with Gasteiger partial charge < -0.3 is 16.0 Å². The first kappa shape index (κ1) is 17.3. The van der Waals surface area contributed by atoms with Crippen molar-refractivity contribution in [3.8, 4) is 0 Å². The van der Waals surface area contributed by atoms with Crippen LogP contribution in [0, 0.1) is 0 Å². The molecule has 8 heteroatoms. The van der Waals surface area contributed by atoms with E-state index in [0.717, 1.165) is 17.0 Å². The van der Waals surface area contributed by atoms with Crippen LogP contribution in [0.4, 0.5) is 11.6 Å². The van der Waals surface area contributed by atoms with Crippen LogP contribution in [0.15, 0.2) is 40.7 Å². The Morgan fingerprint density at radius 1 is 1.36 bits per heavy atom. The zero-order chi connectivity index (χ0) is 18.1. The molecule has 2 heterocycles. The number of nitrogens with two attached hydrogens (primary N) is 1. The summed E-state index contributed by atoms with van der Waals surface area (Å²) >= 11 is 1.56. The van der Waals surface area contributed by atoms with Crippen molar-refractivity contribution in [3.63, 3.8) is 0 Å². The Morgan fingerprint density at radius 2 is 2.04 bits per heavy atom. The van der Waals surface area contributed by atoms with E-state index in [4.69, 9.17) is 5.73 Å². The number of hydrogen-bond donors (Lipinski definition) is 2. The molecule has 3 N–H and O–H groups in total. The summed E-state index contributed by atoms with van der Waals surface area (Å²) in [7, 11) is 3.98. The van der Waals surface area contributed by atoms with Gasteiger partial charge in [-0.15, -0.1) is 5.10 Å². The molecule has 1 aromatic heterocycles. The third kappa shape index (κ3) is 3.21. The highest BCUT2D eigenvalue weighted by Gasteiger charge is 2.33. The number of carbonyl (C=O) groups excluding carboxylic acids is 1. The average Bonchev–Trinajstić information content (AvgIpc) is 2.95. The van der Waals surface area contributed by atoms with E-state index in [-0.39, 0.29) is 6.04 Å². The number of nitrogens with one attached hydrogen (secondary N) is 1. The van der Waals surface area contributed by atoms with E-state index in [1.165, 1.54) is 0 Å². The maximum Gasteiger partial charge on any atom is 0.248 e. The fourth-order valence-corrected chi connectivity index (χ4v) is 3.46. The lowest BCUT2D eigenvalue weighted by Gasteiger charge is -2.28. The first-order valence-electron chi connectivity index (χ1n) is 8.06. The lowest BCUT2D eigenvalue weighted by atomic mass is 9.95. The number of rotatable bonds is 5. The largest absolute Gasteiger partial charge is 0.378 e. The second-order valence-electron chi connectivity index (χ2n) is 6.01. The number of allylic oxidation sites excluding steroid dienone is 1. The van der Waals surface area contributed by atoms with Crippen LogP contribution in [0.5, 0.6) is 0 Å². The molecule has 1 atom stereocenters. The molecule has 132 valence electrons. The van der Waals surface area contributed by atoms with Crippen molar-refractivity contribution in [1.82, 2.24) is 14.8 Å². The summed E-state index contributed by atoms with van der Waals surface area (Å²) in [6.45, 7) is 3.89. The summed E-state index contributed by atoms with van der Waals surface area (Å²) in [5, 5.41) is 8.40. The van der Waals surface area contributed by atoms with Gasteiger partial charge in [0.25, 0.3) is 0 Å². The summed E-state index contributed by atoms with van der Waals surface area (Å²) in [4.78, 5) is 18.7. The SMILES string of the molecule is CCSc1nc2n(n1)C(c1ccc(N(C)C)cc1)C(C(N)=O)=C(C)N2. The normalized spacial score (nSPS) is 16.4. The van der Waals surface area contributed by atoms with Crippen LogP contribution in [0.3, 0.4) is 0 Å². The zero-order valence-electron chi connectivity index (χ0n) is 14.8. The molecule has 1 aliphatic heterocycles. The topological polar surface area (TPSA) is 89.1 Å². The van der Waals surface area contributed by atoms with Gasteiger partial charge in [-0.2, -0.15) is 4.98 Å². The number of carbonyl (C=O) groups is 1. The van der Waals surface area contributed by atoms with Gasteiger partial charge in [-0.1, -0.05) is 30.8 Å². The molecule has 1 amide bonds. The third-order valence-corrected chi connectivity index (χ3v) is 4.82. The van der Waals surface area contributed by atoms with Crippen molar-refractivity contribution in [2.75, 3.05) is 30.1 Å². The van der Waals surface area contributed by atoms with E-state index in [1.807, 2.05) is 57.1 Å². The number of anilines is 2. The second kappa shape index (κ2) is 6.79. The molecule has 0 aliphatic carbocycles. The average molecular weight is 358 g/mol. The lowest BCUT2D eigenvalue weighted by molar-refractivity contribution is -0.115. The summed E-state index contributed by atoms with van der Waals surface area (Å²) in [5.74, 6) is 1.04. The van der Waals surface area contributed by atoms with Crippen molar-refractivity contribution in [2.45, 2.75) is 25.0 Å². The number of hydrogen-bond acceptors (Lipinski definition) is 6. The van der Waals surface area contributed by atoms with Gasteiger partial charge in [-0.05, 0) is 30.4 Å². The van der Waals surface area contributed by atoms with Crippen LogP contribution in [-0.2, 0) is 4.79 Å². The maximum atomic E-state index is 12.1. The predicted molar refractivity (Wildman–Crippen MR) is 101 cm³/mol. The first-order chi connectivity index (χ1) is 11.9. The number of aromatic nitrogens is 3. The van der Waals surface area contributed by atoms with Gasteiger partial charge in [0.1, 0.15) is 6.04 Å². The molecule has 3 rings (SSSR count). The van der Waals surface area contributed by atoms with Crippen molar-refractivity contribution in [3.05, 3.63) is 41.1 Å². The highest BCUT2D eigenvalue weighted by molar-refractivity contribution is 7.99. The number of nitrogens with zero attached hydrogens (tertiary/aromatic N) is 4. The van der Waals surface area contributed by atoms with E-state index >= 15 is 0 Å². The van der Waals surface area contributed by atoms with Gasteiger partial charge in [0.05, 0.1) is 5.57 Å². The molecule has 0 saturated heterocycles. The van der Waals surface area contributed by atoms with Crippen LogP contribution in [0.1, 0.15) is 25.5 Å². The Morgan fingerprint density at radius 3 is 2.60 bits per heavy atom. The number of benzene rings is 1. The van der Waals surface area contributed by atoms with E-state index < -0.39 is 5.91 Å². The molecular formula is C17H22N6OS. The minimum absolute atomic E-state index is 0.385. The summed E-state index contributed by atoms with van der Waals surface area (Å²) in [5.41, 5.74) is 8.91. The van der Waals surface area contributed by atoms with Crippen LogP contribution < -0.4 is 16.0 Å². The van der Waals surface area contributed by atoms with Gasteiger partial charge >= 0.3 is 0 Å². The lowest BCUT2D eigenvalue weighted by Crippen LogP contribution is -2.31. The van der Waals surface area contributed by atoms with Crippen LogP contribution >= 0.6 is 11.8 Å². The smallest absolute Gasteiger partial charge is 0.248 e. The van der Waals surface area contributed by atoms with Crippen LogP contribution in [0.25, 0.3) is 0 Å². The number of amides is 1. The molecule has 0 spiro atoms. The minimum atomic E-state index is -0.461. The summed E-state index contributed by atoms with van der Waals surface area (Å²) in [6, 6.07) is 7.65. The van der Waals surface area contributed by atoms with Crippen molar-refractivity contribution in [2.24, 2.45) is 5.73 Å². The molecule has 7 nitrogen and oxygen atoms in total. The Bertz CT molecular complexity index is 824. The van der Waals surface area contributed by atoms with Crippen LogP contribution in [-0.4, -0.2) is 40.5 Å². The molecule has 0 fully saturated rings. The molecule has 0 radical (unpaired) electrons. The highest BCUT2D eigenvalue weighted by Crippen LogP contribution is 2.36. The number of primary amides is 1. The minimum Gasteiger partial charge on any atom is -0.378 e. The van der Waals surface area contributed by atoms with Crippen molar-refractivity contribution >= 4 is 29.3 Å². The van der Waals surface area contributed by atoms with E-state index in [1.54, 1.807) is 16.4 Å². The summed E-state index contributed by atoms with van der Waals surface area (Å²) < 4.78 is 1.75. The predicted octanol–water partition coefficient (Wildman–Crippen LogP) is 2.23.